The highest BCUT2D eigenvalue weighted by molar-refractivity contribution is 6.35. The Morgan fingerprint density at radius 3 is 2.39 bits per heavy atom. The molecular formula is C22H19Cl2F3N2O4. The van der Waals surface area contributed by atoms with Crippen LogP contribution in [0, 0.1) is 6.92 Å². The first-order valence-electron chi connectivity index (χ1n) is 9.62. The minimum Gasteiger partial charge on any atom is -0.373 e. The average molecular weight is 503 g/mol. The SMILES string of the molecule is Cc1noc(=O)c2ccc(NC(=O)C(O)(CC(C)(C)c3ccc(Cl)cc3Cl)C(F)(F)F)cc12. The van der Waals surface area contributed by atoms with E-state index in [-0.39, 0.29) is 27.0 Å². The maximum Gasteiger partial charge on any atom is 0.426 e. The number of benzene rings is 2. The van der Waals surface area contributed by atoms with Gasteiger partial charge in [-0.2, -0.15) is 13.2 Å². The van der Waals surface area contributed by atoms with E-state index >= 15 is 0 Å². The summed E-state index contributed by atoms with van der Waals surface area (Å²) in [4.78, 5) is 24.6. The molecule has 2 N–H and O–H groups in total. The van der Waals surface area contributed by atoms with Gasteiger partial charge < -0.3 is 14.9 Å². The Labute approximate surface area is 196 Å². The molecule has 1 atom stereocenters. The van der Waals surface area contributed by atoms with Crippen molar-refractivity contribution in [3.8, 4) is 0 Å². The first-order valence-corrected chi connectivity index (χ1v) is 10.4. The molecule has 33 heavy (non-hydrogen) atoms. The second-order valence-corrected chi connectivity index (χ2v) is 9.16. The molecule has 0 radical (unpaired) electrons. The number of fused-ring (bicyclic) bond motifs is 1. The minimum atomic E-state index is -5.30. The van der Waals surface area contributed by atoms with Gasteiger partial charge in [0.15, 0.2) is 0 Å². The van der Waals surface area contributed by atoms with Gasteiger partial charge >= 0.3 is 11.8 Å². The lowest BCUT2D eigenvalue weighted by molar-refractivity contribution is -0.254. The zero-order valence-corrected chi connectivity index (χ0v) is 19.2. The first-order chi connectivity index (χ1) is 15.2. The summed E-state index contributed by atoms with van der Waals surface area (Å²) >= 11 is 12.0. The van der Waals surface area contributed by atoms with Crippen molar-refractivity contribution in [3.05, 3.63) is 68.1 Å². The van der Waals surface area contributed by atoms with Crippen molar-refractivity contribution in [1.29, 1.82) is 0 Å². The van der Waals surface area contributed by atoms with Gasteiger partial charge in [-0.15, -0.1) is 0 Å². The van der Waals surface area contributed by atoms with E-state index in [2.05, 4.69) is 15.0 Å². The summed E-state index contributed by atoms with van der Waals surface area (Å²) in [5, 5.41) is 17.1. The normalized spacial score (nSPS) is 14.2. The van der Waals surface area contributed by atoms with Crippen LogP contribution in [-0.4, -0.2) is 27.9 Å². The number of rotatable bonds is 5. The van der Waals surface area contributed by atoms with Crippen LogP contribution in [0.15, 0.2) is 45.7 Å². The van der Waals surface area contributed by atoms with Gasteiger partial charge in [-0.05, 0) is 48.2 Å². The summed E-state index contributed by atoms with van der Waals surface area (Å²) < 4.78 is 46.6. The molecule has 0 saturated heterocycles. The van der Waals surface area contributed by atoms with E-state index in [9.17, 15) is 27.9 Å². The van der Waals surface area contributed by atoms with Crippen molar-refractivity contribution >= 4 is 45.6 Å². The van der Waals surface area contributed by atoms with Gasteiger partial charge in [0.2, 0.25) is 5.60 Å². The first kappa shape index (κ1) is 25.0. The number of halogens is 5. The Morgan fingerprint density at radius 1 is 1.12 bits per heavy atom. The number of aromatic nitrogens is 1. The molecule has 6 nitrogen and oxygen atoms in total. The fourth-order valence-corrected chi connectivity index (χ4v) is 4.29. The zero-order chi connectivity index (χ0) is 24.8. The quantitative estimate of drug-likeness (QED) is 0.487. The van der Waals surface area contributed by atoms with Crippen LogP contribution in [0.1, 0.15) is 31.5 Å². The predicted molar refractivity (Wildman–Crippen MR) is 119 cm³/mol. The smallest absolute Gasteiger partial charge is 0.373 e. The van der Waals surface area contributed by atoms with E-state index in [0.717, 1.165) is 0 Å². The molecule has 3 rings (SSSR count). The Bertz CT molecular complexity index is 1290. The van der Waals surface area contributed by atoms with Gasteiger partial charge in [-0.3, -0.25) is 4.79 Å². The van der Waals surface area contributed by atoms with E-state index in [1.54, 1.807) is 0 Å². The molecule has 1 aromatic heterocycles. The number of alkyl halides is 3. The van der Waals surface area contributed by atoms with Gasteiger partial charge in [-0.25, -0.2) is 4.79 Å². The highest BCUT2D eigenvalue weighted by Crippen LogP contribution is 2.44. The maximum absolute atomic E-state index is 14.0. The van der Waals surface area contributed by atoms with E-state index in [0.29, 0.717) is 10.7 Å². The Balaban J connectivity index is 1.98. The molecule has 0 fully saturated rings. The predicted octanol–water partition coefficient (Wildman–Crippen LogP) is 5.40. The molecule has 2 aromatic carbocycles. The molecule has 1 unspecified atom stereocenters. The van der Waals surface area contributed by atoms with Crippen molar-refractivity contribution in [1.82, 2.24) is 5.16 Å². The summed E-state index contributed by atoms with van der Waals surface area (Å²) in [5.41, 5.74) is -5.34. The standard InChI is InChI=1S/C22H19Cl2F3N2O4/c1-11-15-9-13(5-6-14(15)18(30)33-29-11)28-19(31)21(32,22(25,26)27)10-20(2,3)16-7-4-12(23)8-17(16)24/h4-9,32H,10H2,1-3H3,(H,28,31). The molecule has 176 valence electrons. The Kier molecular flexibility index (Phi) is 6.54. The van der Waals surface area contributed by atoms with Gasteiger partial charge in [0.1, 0.15) is 0 Å². The fraction of sp³-hybridized carbons (Fsp3) is 0.318. The number of amides is 1. The zero-order valence-electron chi connectivity index (χ0n) is 17.7. The largest absolute Gasteiger partial charge is 0.426 e. The van der Waals surface area contributed by atoms with Crippen LogP contribution in [0.5, 0.6) is 0 Å². The van der Waals surface area contributed by atoms with E-state index < -0.39 is 35.1 Å². The third-order valence-corrected chi connectivity index (χ3v) is 5.90. The van der Waals surface area contributed by atoms with Crippen LogP contribution in [0.3, 0.4) is 0 Å². The highest BCUT2D eigenvalue weighted by atomic mass is 35.5. The number of anilines is 1. The van der Waals surface area contributed by atoms with Crippen molar-refractivity contribution in [2.24, 2.45) is 0 Å². The van der Waals surface area contributed by atoms with Crippen LogP contribution in [0.25, 0.3) is 10.8 Å². The number of carbonyl (C=O) groups is 1. The second-order valence-electron chi connectivity index (χ2n) is 8.31. The van der Waals surface area contributed by atoms with Crippen LogP contribution in [-0.2, 0) is 10.2 Å². The molecule has 0 aliphatic rings. The Morgan fingerprint density at radius 2 is 1.79 bits per heavy atom. The van der Waals surface area contributed by atoms with Crippen LogP contribution in [0.2, 0.25) is 10.0 Å². The molecule has 0 bridgehead atoms. The number of hydrogen-bond acceptors (Lipinski definition) is 5. The number of aryl methyl sites for hydroxylation is 1. The van der Waals surface area contributed by atoms with Crippen LogP contribution >= 0.6 is 23.2 Å². The second kappa shape index (κ2) is 8.62. The van der Waals surface area contributed by atoms with Crippen LogP contribution < -0.4 is 10.9 Å². The van der Waals surface area contributed by atoms with Crippen LogP contribution in [0.4, 0.5) is 18.9 Å². The summed E-state index contributed by atoms with van der Waals surface area (Å²) in [6.45, 7) is 4.38. The summed E-state index contributed by atoms with van der Waals surface area (Å²) in [6, 6.07) is 8.08. The van der Waals surface area contributed by atoms with Gasteiger partial charge in [-0.1, -0.05) is 48.3 Å². The number of aliphatic hydroxyl groups is 1. The molecule has 0 aliphatic carbocycles. The molecular weight excluding hydrogens is 484 g/mol. The fourth-order valence-electron chi connectivity index (χ4n) is 3.62. The van der Waals surface area contributed by atoms with Gasteiger partial charge in [0, 0.05) is 27.5 Å². The summed E-state index contributed by atoms with van der Waals surface area (Å²) in [7, 11) is 0. The lowest BCUT2D eigenvalue weighted by Gasteiger charge is -2.37. The number of hydrogen-bond donors (Lipinski definition) is 2. The molecule has 0 spiro atoms. The third-order valence-electron chi connectivity index (χ3n) is 5.36. The van der Waals surface area contributed by atoms with Crippen molar-refractivity contribution in [2.75, 3.05) is 5.32 Å². The van der Waals surface area contributed by atoms with Crippen molar-refractivity contribution < 1.29 is 27.6 Å². The summed E-state index contributed by atoms with van der Waals surface area (Å²) in [6.07, 6.45) is -6.32. The maximum atomic E-state index is 14.0. The Hall–Kier alpha value is -2.62. The monoisotopic (exact) mass is 502 g/mol. The lowest BCUT2D eigenvalue weighted by Crippen LogP contribution is -2.57. The number of nitrogens with zero attached hydrogens (tertiary/aromatic N) is 1. The van der Waals surface area contributed by atoms with Gasteiger partial charge in [0.05, 0.1) is 11.1 Å². The highest BCUT2D eigenvalue weighted by Gasteiger charge is 2.61. The third kappa shape index (κ3) is 4.85. The molecule has 0 saturated carbocycles. The number of nitrogens with one attached hydrogen (secondary N) is 1. The lowest BCUT2D eigenvalue weighted by atomic mass is 9.74. The molecule has 1 amide bonds. The number of carbonyl (C=O) groups excluding carboxylic acids is 1. The molecule has 3 aromatic rings. The topological polar surface area (TPSA) is 92.4 Å². The van der Waals surface area contributed by atoms with Crippen molar-refractivity contribution in [2.45, 2.75) is 44.4 Å². The van der Waals surface area contributed by atoms with Gasteiger partial charge in [0.25, 0.3) is 5.91 Å². The minimum absolute atomic E-state index is 0.0620. The van der Waals surface area contributed by atoms with Crippen molar-refractivity contribution in [3.63, 3.8) is 0 Å². The molecule has 11 heteroatoms. The van der Waals surface area contributed by atoms with E-state index in [4.69, 9.17) is 23.2 Å². The molecule has 0 aliphatic heterocycles. The molecule has 1 heterocycles. The van der Waals surface area contributed by atoms with E-state index in [1.165, 1.54) is 57.2 Å². The summed E-state index contributed by atoms with van der Waals surface area (Å²) in [5.74, 6) is -1.68. The van der Waals surface area contributed by atoms with E-state index in [1.807, 2.05) is 0 Å². The average Bonchev–Trinajstić information content (AvgIpc) is 2.69.